The number of carbonyl (C=O) groups excluding carboxylic acids is 1. The number of amidine groups is 1. The number of pyridine rings is 1. The molecule has 0 aliphatic carbocycles. The van der Waals surface area contributed by atoms with Gasteiger partial charge in [-0.05, 0) is 43.4 Å². The van der Waals surface area contributed by atoms with Gasteiger partial charge in [-0.2, -0.15) is 0 Å². The molecule has 4 aliphatic rings. The molecule has 30 heavy (non-hydrogen) atoms. The number of amides is 2. The molecular weight excluding hydrogens is 380 g/mol. The number of nitrogens with one attached hydrogen (secondary N) is 1. The number of rotatable bonds is 4. The summed E-state index contributed by atoms with van der Waals surface area (Å²) in [6, 6.07) is 4.59. The topological polar surface area (TPSA) is 73.3 Å². The van der Waals surface area contributed by atoms with Gasteiger partial charge in [0, 0.05) is 62.9 Å². The first-order valence-corrected chi connectivity index (χ1v) is 10.9. The van der Waals surface area contributed by atoms with Gasteiger partial charge in [0.05, 0.1) is 0 Å². The highest BCUT2D eigenvalue weighted by Gasteiger charge is 2.39. The summed E-state index contributed by atoms with van der Waals surface area (Å²) in [5, 5.41) is 3.09. The van der Waals surface area contributed by atoms with Crippen molar-refractivity contribution in [3.8, 4) is 0 Å². The summed E-state index contributed by atoms with van der Waals surface area (Å²) >= 11 is 0. The Morgan fingerprint density at radius 3 is 2.90 bits per heavy atom. The number of likely N-dealkylation sites (tertiary alicyclic amines) is 1. The van der Waals surface area contributed by atoms with Crippen LogP contribution in [0.5, 0.6) is 0 Å². The lowest BCUT2D eigenvalue weighted by atomic mass is 9.96. The third-order valence-corrected chi connectivity index (χ3v) is 6.64. The fraction of sp³-hybridized carbons (Fsp3) is 0.591. The van der Waals surface area contributed by atoms with Gasteiger partial charge in [0.2, 0.25) is 0 Å². The third-order valence-electron chi connectivity index (χ3n) is 6.64. The van der Waals surface area contributed by atoms with E-state index < -0.39 is 0 Å². The second kappa shape index (κ2) is 8.00. The van der Waals surface area contributed by atoms with Crippen LogP contribution >= 0.6 is 0 Å². The SMILES string of the molecule is Cc1cc(CN2CC(C)C(C3=NC4=CN(C5CCOCC5)CN4C(=O)N3)C2)ccn1. The molecular formula is C22H30N6O2. The van der Waals surface area contributed by atoms with Crippen LogP contribution in [-0.4, -0.2) is 70.6 Å². The zero-order valence-corrected chi connectivity index (χ0v) is 17.8. The number of aromatic nitrogens is 1. The summed E-state index contributed by atoms with van der Waals surface area (Å²) < 4.78 is 5.48. The summed E-state index contributed by atoms with van der Waals surface area (Å²) in [6.07, 6.45) is 5.93. The van der Waals surface area contributed by atoms with Crippen LogP contribution in [-0.2, 0) is 11.3 Å². The van der Waals surface area contributed by atoms with E-state index in [9.17, 15) is 4.79 Å². The van der Waals surface area contributed by atoms with Crippen LogP contribution in [0.25, 0.3) is 0 Å². The average molecular weight is 411 g/mol. The zero-order chi connectivity index (χ0) is 20.7. The van der Waals surface area contributed by atoms with E-state index >= 15 is 0 Å². The minimum atomic E-state index is -0.0591. The van der Waals surface area contributed by atoms with Gasteiger partial charge in [0.1, 0.15) is 12.5 Å². The molecule has 0 saturated carbocycles. The van der Waals surface area contributed by atoms with Crippen molar-refractivity contribution in [2.24, 2.45) is 16.8 Å². The Balaban J connectivity index is 1.29. The molecule has 2 saturated heterocycles. The van der Waals surface area contributed by atoms with Crippen molar-refractivity contribution in [2.45, 2.75) is 39.3 Å². The van der Waals surface area contributed by atoms with Gasteiger partial charge in [-0.1, -0.05) is 6.92 Å². The first-order valence-electron chi connectivity index (χ1n) is 10.9. The monoisotopic (exact) mass is 410 g/mol. The van der Waals surface area contributed by atoms with E-state index in [1.165, 1.54) is 5.56 Å². The van der Waals surface area contributed by atoms with E-state index in [2.05, 4.69) is 45.4 Å². The van der Waals surface area contributed by atoms with Crippen LogP contribution in [0, 0.1) is 18.8 Å². The van der Waals surface area contributed by atoms with E-state index in [0.717, 1.165) is 63.0 Å². The molecule has 0 bridgehead atoms. The van der Waals surface area contributed by atoms with Crippen LogP contribution in [0.3, 0.4) is 0 Å². The maximum absolute atomic E-state index is 12.8. The van der Waals surface area contributed by atoms with Crippen molar-refractivity contribution >= 4 is 11.9 Å². The number of hydrogen-bond donors (Lipinski definition) is 1. The van der Waals surface area contributed by atoms with Crippen molar-refractivity contribution in [1.82, 2.24) is 25.0 Å². The summed E-state index contributed by atoms with van der Waals surface area (Å²) in [7, 11) is 0. The molecule has 160 valence electrons. The van der Waals surface area contributed by atoms with E-state index in [1.54, 1.807) is 4.90 Å². The normalized spacial score (nSPS) is 27.7. The fourth-order valence-electron chi connectivity index (χ4n) is 5.01. The van der Waals surface area contributed by atoms with Crippen LogP contribution in [0.15, 0.2) is 35.3 Å². The van der Waals surface area contributed by atoms with Gasteiger partial charge in [-0.25, -0.2) is 9.79 Å². The van der Waals surface area contributed by atoms with E-state index in [4.69, 9.17) is 9.73 Å². The Labute approximate surface area is 177 Å². The molecule has 5 heterocycles. The minimum absolute atomic E-state index is 0.0591. The molecule has 8 nitrogen and oxygen atoms in total. The lowest BCUT2D eigenvalue weighted by Crippen LogP contribution is -2.50. The molecule has 0 spiro atoms. The highest BCUT2D eigenvalue weighted by Crippen LogP contribution is 2.30. The smallest absolute Gasteiger partial charge is 0.329 e. The second-order valence-corrected chi connectivity index (χ2v) is 8.93. The molecule has 1 aromatic rings. The number of fused-ring (bicyclic) bond motifs is 1. The molecule has 1 aromatic heterocycles. The Morgan fingerprint density at radius 1 is 1.27 bits per heavy atom. The molecule has 2 fully saturated rings. The van der Waals surface area contributed by atoms with E-state index in [1.807, 2.05) is 13.1 Å². The van der Waals surface area contributed by atoms with Gasteiger partial charge in [0.25, 0.3) is 0 Å². The maximum atomic E-state index is 12.8. The molecule has 0 aromatic carbocycles. The molecule has 1 N–H and O–H groups in total. The highest BCUT2D eigenvalue weighted by molar-refractivity contribution is 6.02. The molecule has 5 rings (SSSR count). The van der Waals surface area contributed by atoms with Gasteiger partial charge in [-0.3, -0.25) is 20.1 Å². The van der Waals surface area contributed by atoms with Crippen molar-refractivity contribution in [3.05, 3.63) is 41.6 Å². The summed E-state index contributed by atoms with van der Waals surface area (Å²) in [6.45, 7) is 9.23. The van der Waals surface area contributed by atoms with Crippen molar-refractivity contribution in [2.75, 3.05) is 33.0 Å². The number of hydrogen-bond acceptors (Lipinski definition) is 6. The summed E-state index contributed by atoms with van der Waals surface area (Å²) in [5.41, 5.74) is 2.32. The third kappa shape index (κ3) is 3.81. The van der Waals surface area contributed by atoms with Gasteiger partial charge in [-0.15, -0.1) is 0 Å². The number of aliphatic imine (C=N–C) groups is 1. The Kier molecular flexibility index (Phi) is 5.20. The van der Waals surface area contributed by atoms with E-state index in [-0.39, 0.29) is 11.9 Å². The molecule has 4 aliphatic heterocycles. The van der Waals surface area contributed by atoms with Gasteiger partial charge in [0.15, 0.2) is 5.82 Å². The first kappa shape index (κ1) is 19.5. The van der Waals surface area contributed by atoms with Crippen LogP contribution in [0.2, 0.25) is 0 Å². The highest BCUT2D eigenvalue weighted by atomic mass is 16.5. The zero-order valence-electron chi connectivity index (χ0n) is 17.8. The summed E-state index contributed by atoms with van der Waals surface area (Å²) in [5.74, 6) is 2.26. The van der Waals surface area contributed by atoms with Crippen molar-refractivity contribution in [1.29, 1.82) is 0 Å². The number of urea groups is 1. The number of aryl methyl sites for hydroxylation is 1. The number of nitrogens with zero attached hydrogens (tertiary/aromatic N) is 5. The fourth-order valence-corrected chi connectivity index (χ4v) is 5.01. The molecule has 2 atom stereocenters. The Bertz CT molecular complexity index is 878. The maximum Gasteiger partial charge on any atom is 0.329 e. The van der Waals surface area contributed by atoms with Gasteiger partial charge < -0.3 is 9.64 Å². The standard InChI is InChI=1S/C22H30N6O2/c1-15-10-26(11-17-3-6-23-16(2)9-17)12-19(15)21-24-20-13-27(14-28(20)22(29)25-21)18-4-7-30-8-5-18/h3,6,9,13,15,18-19H,4-5,7-8,10-12,14H2,1-2H3,(H,24,25,29). The minimum Gasteiger partial charge on any atom is -0.381 e. The lowest BCUT2D eigenvalue weighted by molar-refractivity contribution is 0.0459. The first-order chi connectivity index (χ1) is 14.6. The molecule has 2 unspecified atom stereocenters. The van der Waals surface area contributed by atoms with Crippen molar-refractivity contribution in [3.63, 3.8) is 0 Å². The largest absolute Gasteiger partial charge is 0.381 e. The molecule has 2 amide bonds. The second-order valence-electron chi connectivity index (χ2n) is 8.93. The van der Waals surface area contributed by atoms with Crippen molar-refractivity contribution < 1.29 is 9.53 Å². The molecule has 8 heteroatoms. The van der Waals surface area contributed by atoms with E-state index in [0.29, 0.717) is 18.6 Å². The van der Waals surface area contributed by atoms with Crippen LogP contribution in [0.4, 0.5) is 4.79 Å². The summed E-state index contributed by atoms with van der Waals surface area (Å²) in [4.78, 5) is 28.4. The predicted molar refractivity (Wildman–Crippen MR) is 113 cm³/mol. The average Bonchev–Trinajstić information content (AvgIpc) is 3.32. The Morgan fingerprint density at radius 2 is 2.10 bits per heavy atom. The van der Waals surface area contributed by atoms with Gasteiger partial charge >= 0.3 is 6.03 Å². The quantitative estimate of drug-likeness (QED) is 0.823. The van der Waals surface area contributed by atoms with Crippen LogP contribution in [0.1, 0.15) is 31.0 Å². The van der Waals surface area contributed by atoms with Crippen LogP contribution < -0.4 is 5.32 Å². The number of ether oxygens (including phenoxy) is 1. The lowest BCUT2D eigenvalue weighted by Gasteiger charge is -2.32. The Hall–Kier alpha value is -2.45. The number of carbonyl (C=O) groups is 1. The predicted octanol–water partition coefficient (Wildman–Crippen LogP) is 2.13. The molecule has 0 radical (unpaired) electrons.